The fraction of sp³-hybridized carbons (Fsp3) is 0.105. The van der Waals surface area contributed by atoms with Crippen molar-refractivity contribution in [2.24, 2.45) is 0 Å². The number of nitrogens with zero attached hydrogens (tertiary/aromatic N) is 2. The molecule has 0 spiro atoms. The van der Waals surface area contributed by atoms with Crippen molar-refractivity contribution in [2.45, 2.75) is 11.6 Å². The lowest BCUT2D eigenvalue weighted by atomic mass is 10.1. The maximum Gasteiger partial charge on any atom is 0.230 e. The number of amides is 1. The van der Waals surface area contributed by atoms with Crippen molar-refractivity contribution in [1.29, 1.82) is 0 Å². The minimum absolute atomic E-state index is 0.149. The molecular formula is C19H15F2N3OS. The summed E-state index contributed by atoms with van der Waals surface area (Å²) >= 11 is 1.27. The molecule has 0 bridgehead atoms. The first-order valence-electron chi connectivity index (χ1n) is 7.84. The maximum atomic E-state index is 12.9. The highest BCUT2D eigenvalue weighted by atomic mass is 32.2. The van der Waals surface area contributed by atoms with Crippen LogP contribution < -0.4 is 5.32 Å². The Hall–Kier alpha value is -2.80. The third-order valence-corrected chi connectivity index (χ3v) is 4.45. The number of hydrogen-bond donors (Lipinski definition) is 1. The molecule has 4 nitrogen and oxygen atoms in total. The van der Waals surface area contributed by atoms with Crippen molar-refractivity contribution in [3.05, 3.63) is 77.9 Å². The van der Waals surface area contributed by atoms with E-state index >= 15 is 0 Å². The maximum absolute atomic E-state index is 12.9. The second-order valence-electron chi connectivity index (χ2n) is 5.46. The van der Waals surface area contributed by atoms with E-state index in [2.05, 4.69) is 15.5 Å². The molecule has 0 saturated heterocycles. The highest BCUT2D eigenvalue weighted by molar-refractivity contribution is 7.99. The molecule has 0 unspecified atom stereocenters. The summed E-state index contributed by atoms with van der Waals surface area (Å²) in [4.78, 5) is 11.9. The van der Waals surface area contributed by atoms with E-state index < -0.39 is 0 Å². The van der Waals surface area contributed by atoms with E-state index in [4.69, 9.17) is 0 Å². The fourth-order valence-electron chi connectivity index (χ4n) is 2.17. The summed E-state index contributed by atoms with van der Waals surface area (Å²) in [5, 5.41) is 11.6. The number of carbonyl (C=O) groups excluding carboxylic acids is 1. The number of aromatic nitrogens is 2. The Morgan fingerprint density at radius 1 is 0.885 bits per heavy atom. The van der Waals surface area contributed by atoms with E-state index in [1.807, 2.05) is 0 Å². The van der Waals surface area contributed by atoms with Gasteiger partial charge in [0.05, 0.1) is 11.4 Å². The Kier molecular flexibility index (Phi) is 5.91. The van der Waals surface area contributed by atoms with E-state index in [9.17, 15) is 13.6 Å². The molecule has 1 N–H and O–H groups in total. The molecule has 3 aromatic rings. The van der Waals surface area contributed by atoms with Gasteiger partial charge < -0.3 is 5.32 Å². The van der Waals surface area contributed by atoms with Crippen LogP contribution in [0, 0.1) is 11.6 Å². The normalized spacial score (nSPS) is 10.5. The molecule has 132 valence electrons. The monoisotopic (exact) mass is 371 g/mol. The van der Waals surface area contributed by atoms with Crippen molar-refractivity contribution in [3.8, 4) is 11.3 Å². The smallest absolute Gasteiger partial charge is 0.230 e. The summed E-state index contributed by atoms with van der Waals surface area (Å²) in [6, 6.07) is 15.5. The van der Waals surface area contributed by atoms with Gasteiger partial charge in [-0.1, -0.05) is 23.9 Å². The van der Waals surface area contributed by atoms with Gasteiger partial charge in [0.25, 0.3) is 0 Å². The van der Waals surface area contributed by atoms with Gasteiger partial charge in [0.1, 0.15) is 16.7 Å². The van der Waals surface area contributed by atoms with Crippen LogP contribution in [0.1, 0.15) is 5.56 Å². The third kappa shape index (κ3) is 5.10. The summed E-state index contributed by atoms with van der Waals surface area (Å²) in [7, 11) is 0. The Labute approximate surface area is 153 Å². The molecule has 1 heterocycles. The summed E-state index contributed by atoms with van der Waals surface area (Å²) in [6.07, 6.45) is 0. The van der Waals surface area contributed by atoms with Gasteiger partial charge in [-0.05, 0) is 54.1 Å². The van der Waals surface area contributed by atoms with E-state index in [1.165, 1.54) is 36.0 Å². The van der Waals surface area contributed by atoms with Gasteiger partial charge in [0.2, 0.25) is 5.91 Å². The second-order valence-corrected chi connectivity index (χ2v) is 6.45. The predicted molar refractivity (Wildman–Crippen MR) is 96.4 cm³/mol. The largest absolute Gasteiger partial charge is 0.351 e. The molecular weight excluding hydrogens is 356 g/mol. The van der Waals surface area contributed by atoms with Crippen LogP contribution in [-0.4, -0.2) is 21.9 Å². The molecule has 0 aliphatic heterocycles. The predicted octanol–water partition coefficient (Wildman–Crippen LogP) is 3.83. The first-order chi connectivity index (χ1) is 12.6. The molecule has 0 saturated carbocycles. The zero-order valence-corrected chi connectivity index (χ0v) is 14.5. The van der Waals surface area contributed by atoms with Crippen molar-refractivity contribution < 1.29 is 13.6 Å². The minimum Gasteiger partial charge on any atom is -0.351 e. The Morgan fingerprint density at radius 2 is 1.54 bits per heavy atom. The van der Waals surface area contributed by atoms with Gasteiger partial charge >= 0.3 is 0 Å². The van der Waals surface area contributed by atoms with Crippen molar-refractivity contribution in [1.82, 2.24) is 15.5 Å². The number of thioether (sulfide) groups is 1. The van der Waals surface area contributed by atoms with Crippen LogP contribution in [0.25, 0.3) is 11.3 Å². The summed E-state index contributed by atoms with van der Waals surface area (Å²) in [5.41, 5.74) is 2.23. The van der Waals surface area contributed by atoms with Crippen molar-refractivity contribution in [3.63, 3.8) is 0 Å². The SMILES string of the molecule is O=C(CSc1ccc(-c2ccc(F)cc2)nn1)NCc1ccc(F)cc1. The van der Waals surface area contributed by atoms with Gasteiger partial charge in [0, 0.05) is 12.1 Å². The van der Waals surface area contributed by atoms with Crippen LogP contribution in [0.5, 0.6) is 0 Å². The number of hydrogen-bond acceptors (Lipinski definition) is 4. The molecule has 26 heavy (non-hydrogen) atoms. The van der Waals surface area contributed by atoms with Gasteiger partial charge in [-0.3, -0.25) is 4.79 Å². The zero-order valence-electron chi connectivity index (χ0n) is 13.7. The molecule has 1 aromatic heterocycles. The zero-order chi connectivity index (χ0) is 18.4. The van der Waals surface area contributed by atoms with E-state index in [0.717, 1.165) is 11.1 Å². The molecule has 0 fully saturated rings. The second kappa shape index (κ2) is 8.53. The molecule has 0 aliphatic rings. The van der Waals surface area contributed by atoms with Crippen LogP contribution in [-0.2, 0) is 11.3 Å². The summed E-state index contributed by atoms with van der Waals surface area (Å²) in [5.74, 6) is -0.561. The van der Waals surface area contributed by atoms with Gasteiger partial charge in [-0.25, -0.2) is 8.78 Å². The van der Waals surface area contributed by atoms with E-state index in [1.54, 1.807) is 36.4 Å². The standard InChI is InChI=1S/C19H15F2N3OS/c20-15-5-1-13(2-6-15)11-22-18(25)12-26-19-10-9-17(23-24-19)14-3-7-16(21)8-4-14/h1-10H,11-12H2,(H,22,25). The molecule has 3 rings (SSSR count). The number of carbonyl (C=O) groups is 1. The van der Waals surface area contributed by atoms with Gasteiger partial charge in [-0.15, -0.1) is 10.2 Å². The molecule has 7 heteroatoms. The van der Waals surface area contributed by atoms with Crippen LogP contribution >= 0.6 is 11.8 Å². The molecule has 2 aromatic carbocycles. The lowest BCUT2D eigenvalue weighted by molar-refractivity contribution is -0.118. The molecule has 0 radical (unpaired) electrons. The Bertz CT molecular complexity index is 869. The van der Waals surface area contributed by atoms with Crippen molar-refractivity contribution in [2.75, 3.05) is 5.75 Å². The van der Waals surface area contributed by atoms with E-state index in [0.29, 0.717) is 17.3 Å². The number of benzene rings is 2. The van der Waals surface area contributed by atoms with Crippen LogP contribution in [0.2, 0.25) is 0 Å². The molecule has 0 aliphatic carbocycles. The minimum atomic E-state index is -0.307. The third-order valence-electron chi connectivity index (χ3n) is 3.53. The lowest BCUT2D eigenvalue weighted by Gasteiger charge is -2.05. The lowest BCUT2D eigenvalue weighted by Crippen LogP contribution is -2.24. The van der Waals surface area contributed by atoms with Gasteiger partial charge in [0.15, 0.2) is 0 Å². The molecule has 0 atom stereocenters. The van der Waals surface area contributed by atoms with Crippen molar-refractivity contribution >= 4 is 17.7 Å². The van der Waals surface area contributed by atoms with Crippen LogP contribution in [0.15, 0.2) is 65.7 Å². The first-order valence-corrected chi connectivity index (χ1v) is 8.82. The topological polar surface area (TPSA) is 54.9 Å². The highest BCUT2D eigenvalue weighted by Crippen LogP contribution is 2.20. The first kappa shape index (κ1) is 18.0. The van der Waals surface area contributed by atoms with Crippen LogP contribution in [0.4, 0.5) is 8.78 Å². The average molecular weight is 371 g/mol. The Balaban J connectivity index is 1.49. The molecule has 1 amide bonds. The average Bonchev–Trinajstić information content (AvgIpc) is 2.67. The number of rotatable bonds is 6. The van der Waals surface area contributed by atoms with Crippen LogP contribution in [0.3, 0.4) is 0 Å². The highest BCUT2D eigenvalue weighted by Gasteiger charge is 2.06. The van der Waals surface area contributed by atoms with Gasteiger partial charge in [-0.2, -0.15) is 0 Å². The number of nitrogens with one attached hydrogen (secondary N) is 1. The summed E-state index contributed by atoms with van der Waals surface area (Å²) < 4.78 is 25.8. The summed E-state index contributed by atoms with van der Waals surface area (Å²) in [6.45, 7) is 0.342. The Morgan fingerprint density at radius 3 is 2.15 bits per heavy atom. The van der Waals surface area contributed by atoms with E-state index in [-0.39, 0.29) is 23.3 Å². The fourth-order valence-corrected chi connectivity index (χ4v) is 2.81. The quantitative estimate of drug-likeness (QED) is 0.669. The number of halogens is 2.